The van der Waals surface area contributed by atoms with Crippen LogP contribution in [0, 0.1) is 10.1 Å². The van der Waals surface area contributed by atoms with Crippen LogP contribution in [-0.4, -0.2) is 35.9 Å². The molecule has 0 unspecified atom stereocenters. The van der Waals surface area contributed by atoms with Crippen LogP contribution in [0.2, 0.25) is 0 Å². The van der Waals surface area contributed by atoms with E-state index in [0.29, 0.717) is 16.8 Å². The molecular formula is C14H14BrN5O6S. The molecule has 0 radical (unpaired) electrons. The molecule has 2 rings (SSSR count). The Morgan fingerprint density at radius 2 is 2.07 bits per heavy atom. The molecule has 2 N–H and O–H groups in total. The lowest BCUT2D eigenvalue weighted by atomic mass is 10.3. The van der Waals surface area contributed by atoms with E-state index in [9.17, 15) is 23.3 Å². The Morgan fingerprint density at radius 3 is 2.74 bits per heavy atom. The third kappa shape index (κ3) is 5.42. The molecule has 0 aliphatic rings. The molecule has 0 spiro atoms. The molecule has 0 aliphatic carbocycles. The largest absolute Gasteiger partial charge is 0.375 e. The van der Waals surface area contributed by atoms with Gasteiger partial charge in [-0.1, -0.05) is 12.1 Å². The van der Waals surface area contributed by atoms with Crippen molar-refractivity contribution in [3.05, 3.63) is 50.7 Å². The Labute approximate surface area is 162 Å². The number of rotatable bonds is 7. The second kappa shape index (κ2) is 8.83. The number of sulfonamides is 1. The number of nitrogens with one attached hydrogen (secondary N) is 2. The van der Waals surface area contributed by atoms with Crippen LogP contribution in [0.3, 0.4) is 0 Å². The quantitative estimate of drug-likeness (QED) is 0.471. The normalized spacial score (nSPS) is 11.0. The average Bonchev–Trinajstić information content (AvgIpc) is 2.61. The van der Waals surface area contributed by atoms with Gasteiger partial charge in [0.05, 0.1) is 21.7 Å². The molecule has 0 aliphatic heterocycles. The number of urea groups is 1. The van der Waals surface area contributed by atoms with Gasteiger partial charge in [0.15, 0.2) is 4.90 Å². The molecule has 144 valence electrons. The molecule has 0 bridgehead atoms. The van der Waals surface area contributed by atoms with Crippen LogP contribution < -0.4 is 10.0 Å². The zero-order chi connectivity index (χ0) is 20.0. The Balaban J connectivity index is 2.17. The van der Waals surface area contributed by atoms with Crippen LogP contribution in [0.5, 0.6) is 0 Å². The molecule has 1 aromatic heterocycles. The Hall–Kier alpha value is -2.64. The fourth-order valence-corrected chi connectivity index (χ4v) is 3.29. The van der Waals surface area contributed by atoms with Gasteiger partial charge in [0, 0.05) is 18.9 Å². The van der Waals surface area contributed by atoms with Gasteiger partial charge < -0.3 is 4.74 Å². The van der Waals surface area contributed by atoms with Crippen molar-refractivity contribution in [2.45, 2.75) is 18.4 Å². The van der Waals surface area contributed by atoms with Crippen molar-refractivity contribution in [1.82, 2.24) is 14.7 Å². The van der Waals surface area contributed by atoms with Crippen molar-refractivity contribution in [2.75, 3.05) is 11.9 Å². The fraction of sp³-hybridized carbons (Fsp3) is 0.214. The summed E-state index contributed by atoms with van der Waals surface area (Å²) in [5.41, 5.74) is -0.208. The van der Waals surface area contributed by atoms with Crippen molar-refractivity contribution in [2.24, 2.45) is 0 Å². The average molecular weight is 460 g/mol. The highest BCUT2D eigenvalue weighted by molar-refractivity contribution is 9.10. The van der Waals surface area contributed by atoms with Gasteiger partial charge in [0.25, 0.3) is 15.7 Å². The summed E-state index contributed by atoms with van der Waals surface area (Å²) in [6.07, 6.45) is 1.37. The third-order valence-corrected chi connectivity index (χ3v) is 5.10. The first-order chi connectivity index (χ1) is 12.7. The molecule has 27 heavy (non-hydrogen) atoms. The highest BCUT2D eigenvalue weighted by Gasteiger charge is 2.27. The minimum absolute atomic E-state index is 0.157. The summed E-state index contributed by atoms with van der Waals surface area (Å²) in [5.74, 6) is -0.164. The molecule has 2 amide bonds. The summed E-state index contributed by atoms with van der Waals surface area (Å²) in [4.78, 5) is 29.4. The van der Waals surface area contributed by atoms with Crippen LogP contribution in [0.1, 0.15) is 12.6 Å². The molecular weight excluding hydrogens is 446 g/mol. The van der Waals surface area contributed by atoms with E-state index in [1.54, 1.807) is 11.6 Å². The summed E-state index contributed by atoms with van der Waals surface area (Å²) in [6.45, 7) is 2.41. The van der Waals surface area contributed by atoms with Crippen molar-refractivity contribution >= 4 is 43.6 Å². The van der Waals surface area contributed by atoms with E-state index < -0.39 is 31.6 Å². The highest BCUT2D eigenvalue weighted by Crippen LogP contribution is 2.22. The zero-order valence-electron chi connectivity index (χ0n) is 13.9. The second-order valence-electron chi connectivity index (χ2n) is 4.91. The lowest BCUT2D eigenvalue weighted by Gasteiger charge is -2.09. The smallest absolute Gasteiger partial charge is 0.335 e. The molecule has 0 fully saturated rings. The Bertz CT molecular complexity index is 968. The number of para-hydroxylation sites is 1. The van der Waals surface area contributed by atoms with Gasteiger partial charge in [-0.2, -0.15) is 0 Å². The van der Waals surface area contributed by atoms with Gasteiger partial charge in [-0.3, -0.25) is 15.4 Å². The lowest BCUT2D eigenvalue weighted by molar-refractivity contribution is -0.387. The monoisotopic (exact) mass is 459 g/mol. The molecule has 2 aromatic rings. The molecule has 0 saturated heterocycles. The number of amides is 2. The van der Waals surface area contributed by atoms with Gasteiger partial charge in [0.1, 0.15) is 0 Å². The standard InChI is InChI=1S/C14H14BrN5O6S/c1-2-26-8-10-9(15)7-16-13(17-10)18-14(21)19-27(24,25)12-6-4-3-5-11(12)20(22)23/h3-7H,2,8H2,1H3,(H2,16,17,18,19,21). The number of nitrogens with zero attached hydrogens (tertiary/aromatic N) is 3. The number of nitro groups is 1. The maximum atomic E-state index is 12.3. The Morgan fingerprint density at radius 1 is 1.37 bits per heavy atom. The van der Waals surface area contributed by atoms with Gasteiger partial charge in [-0.15, -0.1) is 0 Å². The number of benzene rings is 1. The number of carbonyl (C=O) groups is 1. The molecule has 11 nitrogen and oxygen atoms in total. The molecule has 13 heteroatoms. The summed E-state index contributed by atoms with van der Waals surface area (Å²) in [7, 11) is -4.48. The summed E-state index contributed by atoms with van der Waals surface area (Å²) in [6, 6.07) is 3.48. The molecule has 1 heterocycles. The van der Waals surface area contributed by atoms with E-state index in [4.69, 9.17) is 4.74 Å². The highest BCUT2D eigenvalue weighted by atomic mass is 79.9. The summed E-state index contributed by atoms with van der Waals surface area (Å²) < 4.78 is 32.0. The predicted octanol–water partition coefficient (Wildman–Crippen LogP) is 2.19. The predicted molar refractivity (Wildman–Crippen MR) is 97.5 cm³/mol. The third-order valence-electron chi connectivity index (χ3n) is 3.06. The number of nitro benzene ring substituents is 1. The van der Waals surface area contributed by atoms with E-state index in [2.05, 4.69) is 31.2 Å². The summed E-state index contributed by atoms with van der Waals surface area (Å²) in [5, 5.41) is 13.1. The van der Waals surface area contributed by atoms with Gasteiger partial charge >= 0.3 is 6.03 Å². The molecule has 0 saturated carbocycles. The van der Waals surface area contributed by atoms with Crippen LogP contribution in [0.15, 0.2) is 39.8 Å². The van der Waals surface area contributed by atoms with Crippen LogP contribution in [0.25, 0.3) is 0 Å². The number of carbonyl (C=O) groups excluding carboxylic acids is 1. The second-order valence-corrected chi connectivity index (χ2v) is 7.41. The molecule has 1 aromatic carbocycles. The summed E-state index contributed by atoms with van der Waals surface area (Å²) >= 11 is 3.23. The zero-order valence-corrected chi connectivity index (χ0v) is 16.3. The van der Waals surface area contributed by atoms with Crippen molar-refractivity contribution < 1.29 is 22.9 Å². The van der Waals surface area contributed by atoms with Crippen molar-refractivity contribution in [3.8, 4) is 0 Å². The maximum absolute atomic E-state index is 12.3. The van der Waals surface area contributed by atoms with Gasteiger partial charge in [-0.05, 0) is 28.9 Å². The topological polar surface area (TPSA) is 153 Å². The lowest BCUT2D eigenvalue weighted by Crippen LogP contribution is -2.35. The minimum Gasteiger partial charge on any atom is -0.375 e. The van der Waals surface area contributed by atoms with Gasteiger partial charge in [0.2, 0.25) is 5.95 Å². The first kappa shape index (κ1) is 20.7. The number of hydrogen-bond acceptors (Lipinski definition) is 8. The van der Waals surface area contributed by atoms with E-state index in [0.717, 1.165) is 12.1 Å². The van der Waals surface area contributed by atoms with E-state index >= 15 is 0 Å². The number of aromatic nitrogens is 2. The number of anilines is 1. The van der Waals surface area contributed by atoms with E-state index in [1.807, 2.05) is 0 Å². The first-order valence-corrected chi connectivity index (χ1v) is 9.68. The Kier molecular flexibility index (Phi) is 6.76. The molecule has 0 atom stereocenters. The number of hydrogen-bond donors (Lipinski definition) is 2. The maximum Gasteiger partial charge on any atom is 0.335 e. The van der Waals surface area contributed by atoms with Gasteiger partial charge in [-0.25, -0.2) is 27.9 Å². The van der Waals surface area contributed by atoms with Crippen LogP contribution in [-0.2, 0) is 21.4 Å². The van der Waals surface area contributed by atoms with Crippen molar-refractivity contribution in [1.29, 1.82) is 0 Å². The fourth-order valence-electron chi connectivity index (χ4n) is 1.90. The van der Waals surface area contributed by atoms with Crippen molar-refractivity contribution in [3.63, 3.8) is 0 Å². The minimum atomic E-state index is -4.48. The van der Waals surface area contributed by atoms with E-state index in [-0.39, 0.29) is 12.6 Å². The van der Waals surface area contributed by atoms with E-state index in [1.165, 1.54) is 18.3 Å². The number of ether oxygens (including phenoxy) is 1. The number of halogens is 1. The SMILES string of the molecule is CCOCc1nc(NC(=O)NS(=O)(=O)c2ccccc2[N+](=O)[O-])ncc1Br. The first-order valence-electron chi connectivity index (χ1n) is 7.41. The van der Waals surface area contributed by atoms with Crippen LogP contribution in [0.4, 0.5) is 16.4 Å². The van der Waals surface area contributed by atoms with Crippen LogP contribution >= 0.6 is 15.9 Å².